The molecule has 2 aromatic carbocycles. The Morgan fingerprint density at radius 2 is 1.77 bits per heavy atom. The number of benzene rings is 2. The lowest BCUT2D eigenvalue weighted by Crippen LogP contribution is -2.45. The maximum Gasteiger partial charge on any atom is 0.223 e. The highest BCUT2D eigenvalue weighted by Gasteiger charge is 2.25. The Balaban J connectivity index is 1.29. The molecular formula is C22H26N2O2. The number of para-hydroxylation sites is 1. The molecule has 4 nitrogen and oxygen atoms in total. The largest absolute Gasteiger partial charge is 0.373 e. The van der Waals surface area contributed by atoms with Gasteiger partial charge < -0.3 is 15.0 Å². The van der Waals surface area contributed by atoms with Gasteiger partial charge in [0.15, 0.2) is 0 Å². The molecule has 2 aliphatic rings. The number of piperidine rings is 1. The highest BCUT2D eigenvalue weighted by molar-refractivity contribution is 5.77. The van der Waals surface area contributed by atoms with E-state index in [1.54, 1.807) is 0 Å². The number of carbonyl (C=O) groups is 1. The van der Waals surface area contributed by atoms with Crippen LogP contribution in [0.25, 0.3) is 0 Å². The second kappa shape index (κ2) is 7.92. The lowest BCUT2D eigenvalue weighted by Gasteiger charge is -2.34. The van der Waals surface area contributed by atoms with E-state index >= 15 is 0 Å². The van der Waals surface area contributed by atoms with Gasteiger partial charge in [0, 0.05) is 24.8 Å². The predicted molar refractivity (Wildman–Crippen MR) is 103 cm³/mol. The fourth-order valence-corrected chi connectivity index (χ4v) is 4.02. The van der Waals surface area contributed by atoms with Gasteiger partial charge in [-0.25, -0.2) is 0 Å². The number of carbonyl (C=O) groups excluding carboxylic acids is 1. The van der Waals surface area contributed by atoms with Crippen LogP contribution < -0.4 is 10.2 Å². The molecule has 1 saturated heterocycles. The van der Waals surface area contributed by atoms with E-state index in [1.165, 1.54) is 16.8 Å². The van der Waals surface area contributed by atoms with Crippen LogP contribution in [-0.4, -0.2) is 31.6 Å². The molecule has 0 saturated carbocycles. The number of hydrogen-bond acceptors (Lipinski definition) is 3. The van der Waals surface area contributed by atoms with Crippen molar-refractivity contribution in [2.45, 2.75) is 37.8 Å². The number of nitrogens with one attached hydrogen (secondary N) is 1. The molecule has 0 radical (unpaired) electrons. The maximum atomic E-state index is 12.5. The summed E-state index contributed by atoms with van der Waals surface area (Å²) in [5.74, 6) is 0.102. The van der Waals surface area contributed by atoms with Gasteiger partial charge in [0.2, 0.25) is 5.91 Å². The monoisotopic (exact) mass is 350 g/mol. The normalized spacial score (nSPS) is 20.5. The molecule has 1 amide bonds. The van der Waals surface area contributed by atoms with Crippen molar-refractivity contribution in [3.05, 3.63) is 65.7 Å². The second-order valence-corrected chi connectivity index (χ2v) is 7.18. The van der Waals surface area contributed by atoms with Crippen molar-refractivity contribution < 1.29 is 9.53 Å². The van der Waals surface area contributed by atoms with Crippen LogP contribution in [0.2, 0.25) is 0 Å². The molecule has 2 heterocycles. The van der Waals surface area contributed by atoms with Crippen LogP contribution in [0.15, 0.2) is 54.6 Å². The third kappa shape index (κ3) is 3.91. The molecule has 0 bridgehead atoms. The minimum atomic E-state index is -0.107. The topological polar surface area (TPSA) is 41.6 Å². The first-order valence-corrected chi connectivity index (χ1v) is 9.58. The molecule has 0 aromatic heterocycles. The van der Waals surface area contributed by atoms with E-state index in [0.29, 0.717) is 13.0 Å². The molecule has 0 spiro atoms. The summed E-state index contributed by atoms with van der Waals surface area (Å²) < 4.78 is 5.87. The second-order valence-electron chi connectivity index (χ2n) is 7.18. The van der Waals surface area contributed by atoms with E-state index in [4.69, 9.17) is 4.74 Å². The summed E-state index contributed by atoms with van der Waals surface area (Å²) >= 11 is 0. The summed E-state index contributed by atoms with van der Waals surface area (Å²) in [6, 6.07) is 19.1. The van der Waals surface area contributed by atoms with Crippen LogP contribution in [-0.2, 0) is 16.0 Å². The summed E-state index contributed by atoms with van der Waals surface area (Å²) in [5, 5.41) is 3.22. The van der Waals surface area contributed by atoms with Crippen molar-refractivity contribution in [3.8, 4) is 0 Å². The Labute approximate surface area is 155 Å². The van der Waals surface area contributed by atoms with E-state index in [-0.39, 0.29) is 18.1 Å². The number of anilines is 1. The highest BCUT2D eigenvalue weighted by atomic mass is 16.5. The summed E-state index contributed by atoms with van der Waals surface area (Å²) in [6.07, 6.45) is 3.22. The van der Waals surface area contributed by atoms with Gasteiger partial charge in [0.05, 0.1) is 19.1 Å². The van der Waals surface area contributed by atoms with Gasteiger partial charge in [-0.3, -0.25) is 4.79 Å². The molecule has 1 N–H and O–H groups in total. The van der Waals surface area contributed by atoms with E-state index in [9.17, 15) is 4.79 Å². The average molecular weight is 350 g/mol. The van der Waals surface area contributed by atoms with Crippen LogP contribution in [0.4, 0.5) is 5.69 Å². The SMILES string of the molecule is O=C(C[C@H]1OCCc2ccccc21)NC1CCN(c2ccccc2)CC1. The fraction of sp³-hybridized carbons (Fsp3) is 0.409. The van der Waals surface area contributed by atoms with Crippen LogP contribution >= 0.6 is 0 Å². The van der Waals surface area contributed by atoms with Gasteiger partial charge >= 0.3 is 0 Å². The average Bonchev–Trinajstić information content (AvgIpc) is 2.69. The predicted octanol–water partition coefficient (Wildman–Crippen LogP) is 3.48. The smallest absolute Gasteiger partial charge is 0.223 e. The number of amides is 1. The van der Waals surface area contributed by atoms with E-state index in [2.05, 4.69) is 52.7 Å². The molecule has 0 unspecified atom stereocenters. The van der Waals surface area contributed by atoms with Gasteiger partial charge in [-0.2, -0.15) is 0 Å². The summed E-state index contributed by atoms with van der Waals surface area (Å²) in [5.41, 5.74) is 3.75. The Hall–Kier alpha value is -2.33. The van der Waals surface area contributed by atoms with Crippen LogP contribution in [0.5, 0.6) is 0 Å². The van der Waals surface area contributed by atoms with Crippen LogP contribution in [0.1, 0.15) is 36.5 Å². The maximum absolute atomic E-state index is 12.5. The number of hydrogen-bond donors (Lipinski definition) is 1. The van der Waals surface area contributed by atoms with Crippen molar-refractivity contribution in [2.24, 2.45) is 0 Å². The molecule has 1 fully saturated rings. The van der Waals surface area contributed by atoms with Crippen molar-refractivity contribution in [3.63, 3.8) is 0 Å². The number of fused-ring (bicyclic) bond motifs is 1. The van der Waals surface area contributed by atoms with E-state index < -0.39 is 0 Å². The van der Waals surface area contributed by atoms with E-state index in [0.717, 1.165) is 32.4 Å². The standard InChI is InChI=1S/C22H26N2O2/c25-22(16-21-20-9-5-4-6-17(20)12-15-26-21)23-18-10-13-24(14-11-18)19-7-2-1-3-8-19/h1-9,18,21H,10-16H2,(H,23,25)/t21-/m1/s1. The first-order chi connectivity index (χ1) is 12.8. The van der Waals surface area contributed by atoms with Gasteiger partial charge in [0.1, 0.15) is 0 Å². The summed E-state index contributed by atoms with van der Waals surface area (Å²) in [6.45, 7) is 2.67. The molecule has 4 heteroatoms. The fourth-order valence-electron chi connectivity index (χ4n) is 4.02. The summed E-state index contributed by atoms with van der Waals surface area (Å²) in [4.78, 5) is 14.9. The minimum absolute atomic E-state index is 0.102. The molecule has 136 valence electrons. The van der Waals surface area contributed by atoms with Crippen molar-refractivity contribution in [2.75, 3.05) is 24.6 Å². The van der Waals surface area contributed by atoms with Crippen molar-refractivity contribution in [1.82, 2.24) is 5.32 Å². The molecule has 2 aromatic rings. The van der Waals surface area contributed by atoms with Gasteiger partial charge in [-0.15, -0.1) is 0 Å². The van der Waals surface area contributed by atoms with Gasteiger partial charge in [-0.1, -0.05) is 42.5 Å². The van der Waals surface area contributed by atoms with Gasteiger partial charge in [0.25, 0.3) is 0 Å². The van der Waals surface area contributed by atoms with Crippen molar-refractivity contribution in [1.29, 1.82) is 0 Å². The van der Waals surface area contributed by atoms with E-state index in [1.807, 2.05) is 12.1 Å². The zero-order chi connectivity index (χ0) is 17.8. The number of ether oxygens (including phenoxy) is 1. The first kappa shape index (κ1) is 17.1. The third-order valence-corrected chi connectivity index (χ3v) is 5.44. The Morgan fingerprint density at radius 3 is 2.58 bits per heavy atom. The Kier molecular flexibility index (Phi) is 5.21. The number of rotatable bonds is 4. The quantitative estimate of drug-likeness (QED) is 0.918. The number of nitrogens with zero attached hydrogens (tertiary/aromatic N) is 1. The molecule has 0 aliphatic carbocycles. The molecule has 4 rings (SSSR count). The lowest BCUT2D eigenvalue weighted by atomic mass is 9.95. The van der Waals surface area contributed by atoms with Gasteiger partial charge in [-0.05, 0) is 42.5 Å². The highest BCUT2D eigenvalue weighted by Crippen LogP contribution is 2.29. The Bertz CT molecular complexity index is 739. The zero-order valence-corrected chi connectivity index (χ0v) is 15.1. The van der Waals surface area contributed by atoms with Crippen LogP contribution in [0.3, 0.4) is 0 Å². The first-order valence-electron chi connectivity index (χ1n) is 9.58. The zero-order valence-electron chi connectivity index (χ0n) is 15.1. The minimum Gasteiger partial charge on any atom is -0.373 e. The third-order valence-electron chi connectivity index (χ3n) is 5.44. The molecule has 2 aliphatic heterocycles. The molecule has 26 heavy (non-hydrogen) atoms. The van der Waals surface area contributed by atoms with Crippen LogP contribution in [0, 0.1) is 0 Å². The molecule has 1 atom stereocenters. The summed E-state index contributed by atoms with van der Waals surface area (Å²) in [7, 11) is 0. The Morgan fingerprint density at radius 1 is 1.04 bits per heavy atom. The molecular weight excluding hydrogens is 324 g/mol. The lowest BCUT2D eigenvalue weighted by molar-refractivity contribution is -0.125. The van der Waals surface area contributed by atoms with Crippen molar-refractivity contribution >= 4 is 11.6 Å².